The lowest BCUT2D eigenvalue weighted by atomic mass is 10.1. The molecular weight excluding hydrogens is 424 g/mol. The maximum Gasteiger partial charge on any atom is 0.410 e. The molecule has 10 nitrogen and oxygen atoms in total. The number of amides is 4. The molecule has 2 aliphatic heterocycles. The minimum atomic E-state index is -0.468. The number of imide groups is 1. The standard InChI is InChI=1S/C23H32N6O4/c1-23(2,3)33-22(32)27-13-11-26(12-14-27)8-4-5-17-6-9-28-18(15-17)24-16-20(28)29-10-7-19(30)25-21(29)31/h6,9,15-16H,4-5,7-8,10-14H2,1-3H3,(H,25,30,31). The van der Waals surface area contributed by atoms with Gasteiger partial charge in [0.2, 0.25) is 5.91 Å². The molecule has 0 aliphatic carbocycles. The van der Waals surface area contributed by atoms with Crippen LogP contribution < -0.4 is 10.2 Å². The van der Waals surface area contributed by atoms with Crippen molar-refractivity contribution in [2.24, 2.45) is 0 Å². The van der Waals surface area contributed by atoms with Crippen LogP contribution in [0.4, 0.5) is 15.4 Å². The minimum Gasteiger partial charge on any atom is -0.444 e. The highest BCUT2D eigenvalue weighted by atomic mass is 16.6. The predicted molar refractivity (Wildman–Crippen MR) is 123 cm³/mol. The van der Waals surface area contributed by atoms with Gasteiger partial charge in [-0.25, -0.2) is 14.6 Å². The Bertz CT molecular complexity index is 1040. The maximum atomic E-state index is 12.2. The monoisotopic (exact) mass is 456 g/mol. The molecule has 0 bridgehead atoms. The van der Waals surface area contributed by atoms with E-state index in [2.05, 4.69) is 15.2 Å². The summed E-state index contributed by atoms with van der Waals surface area (Å²) >= 11 is 0. The van der Waals surface area contributed by atoms with E-state index in [1.807, 2.05) is 43.5 Å². The summed E-state index contributed by atoms with van der Waals surface area (Å²) in [5.41, 5.74) is 1.49. The lowest BCUT2D eigenvalue weighted by Crippen LogP contribution is -2.50. The number of hydrogen-bond donors (Lipinski definition) is 1. The first-order chi connectivity index (χ1) is 15.7. The number of pyridine rings is 1. The molecule has 2 aromatic rings. The fourth-order valence-electron chi connectivity index (χ4n) is 4.13. The fraction of sp³-hybridized carbons (Fsp3) is 0.565. The Balaban J connectivity index is 1.26. The number of hydrogen-bond acceptors (Lipinski definition) is 6. The van der Waals surface area contributed by atoms with Crippen LogP contribution in [0.15, 0.2) is 24.5 Å². The number of urea groups is 1. The van der Waals surface area contributed by atoms with Gasteiger partial charge in [0.1, 0.15) is 17.1 Å². The first-order valence-corrected chi connectivity index (χ1v) is 11.5. The van der Waals surface area contributed by atoms with Crippen molar-refractivity contribution < 1.29 is 19.1 Å². The minimum absolute atomic E-state index is 0.233. The highest BCUT2D eigenvalue weighted by Gasteiger charge is 2.27. The summed E-state index contributed by atoms with van der Waals surface area (Å²) in [4.78, 5) is 45.9. The van der Waals surface area contributed by atoms with Gasteiger partial charge in [-0.3, -0.25) is 24.3 Å². The average molecular weight is 457 g/mol. The summed E-state index contributed by atoms with van der Waals surface area (Å²) in [6, 6.07) is 3.67. The first kappa shape index (κ1) is 23.0. The molecule has 1 N–H and O–H groups in total. The van der Waals surface area contributed by atoms with E-state index >= 15 is 0 Å². The Kier molecular flexibility index (Phi) is 6.55. The second-order valence-electron chi connectivity index (χ2n) is 9.55. The van der Waals surface area contributed by atoms with Gasteiger partial charge >= 0.3 is 12.1 Å². The molecule has 0 spiro atoms. The zero-order valence-electron chi connectivity index (χ0n) is 19.5. The molecule has 2 fully saturated rings. The van der Waals surface area contributed by atoms with Gasteiger partial charge in [0.25, 0.3) is 0 Å². The summed E-state index contributed by atoms with van der Waals surface area (Å²) in [6.07, 6.45) is 5.57. The number of aryl methyl sites for hydroxylation is 1. The average Bonchev–Trinajstić information content (AvgIpc) is 3.16. The number of fused-ring (bicyclic) bond motifs is 1. The summed E-state index contributed by atoms with van der Waals surface area (Å²) in [5, 5.41) is 2.35. The number of carbonyl (C=O) groups is 3. The van der Waals surface area contributed by atoms with Crippen LogP contribution in [-0.2, 0) is 16.0 Å². The van der Waals surface area contributed by atoms with Crippen molar-refractivity contribution in [3.63, 3.8) is 0 Å². The predicted octanol–water partition coefficient (Wildman–Crippen LogP) is 2.27. The number of ether oxygens (including phenoxy) is 1. The Morgan fingerprint density at radius 1 is 1.15 bits per heavy atom. The van der Waals surface area contributed by atoms with Crippen molar-refractivity contribution in [2.45, 2.75) is 45.6 Å². The number of aromatic nitrogens is 2. The van der Waals surface area contributed by atoms with E-state index in [1.54, 1.807) is 11.1 Å². The van der Waals surface area contributed by atoms with Crippen LogP contribution in [0.5, 0.6) is 0 Å². The summed E-state index contributed by atoms with van der Waals surface area (Å²) in [7, 11) is 0. The van der Waals surface area contributed by atoms with Crippen molar-refractivity contribution in [3.05, 3.63) is 30.1 Å². The zero-order chi connectivity index (χ0) is 23.6. The highest BCUT2D eigenvalue weighted by molar-refractivity contribution is 6.05. The molecule has 33 heavy (non-hydrogen) atoms. The Labute approximate surface area is 193 Å². The van der Waals surface area contributed by atoms with Crippen molar-refractivity contribution in [3.8, 4) is 0 Å². The van der Waals surface area contributed by atoms with E-state index in [1.165, 1.54) is 10.5 Å². The molecule has 0 unspecified atom stereocenters. The topological polar surface area (TPSA) is 99.5 Å². The molecule has 4 amide bonds. The SMILES string of the molecule is CC(C)(C)OC(=O)N1CCN(CCCc2ccn3c(N4CCC(=O)NC4=O)cnc3c2)CC1. The first-order valence-electron chi connectivity index (χ1n) is 11.5. The van der Waals surface area contributed by atoms with E-state index in [-0.39, 0.29) is 18.4 Å². The Hall–Kier alpha value is -3.14. The van der Waals surface area contributed by atoms with Gasteiger partial charge in [0.15, 0.2) is 0 Å². The van der Waals surface area contributed by atoms with E-state index in [4.69, 9.17) is 4.74 Å². The van der Waals surface area contributed by atoms with Gasteiger partial charge in [0, 0.05) is 45.3 Å². The molecule has 0 saturated carbocycles. The highest BCUT2D eigenvalue weighted by Crippen LogP contribution is 2.20. The molecule has 2 saturated heterocycles. The van der Waals surface area contributed by atoms with E-state index in [0.717, 1.165) is 38.1 Å². The van der Waals surface area contributed by atoms with Gasteiger partial charge in [-0.1, -0.05) is 0 Å². The lowest BCUT2D eigenvalue weighted by molar-refractivity contribution is -0.120. The number of nitrogens with zero attached hydrogens (tertiary/aromatic N) is 5. The third kappa shape index (κ3) is 5.62. The van der Waals surface area contributed by atoms with Crippen LogP contribution in [0.25, 0.3) is 5.65 Å². The molecule has 4 heterocycles. The van der Waals surface area contributed by atoms with Gasteiger partial charge in [-0.05, 0) is 57.9 Å². The molecule has 2 aromatic heterocycles. The second-order valence-corrected chi connectivity index (χ2v) is 9.55. The molecule has 0 atom stereocenters. The van der Waals surface area contributed by atoms with E-state index in [9.17, 15) is 14.4 Å². The number of piperazine rings is 1. The molecule has 0 radical (unpaired) electrons. The third-order valence-electron chi connectivity index (χ3n) is 5.85. The van der Waals surface area contributed by atoms with Crippen LogP contribution in [0.2, 0.25) is 0 Å². The normalized spacial score (nSPS) is 18.0. The van der Waals surface area contributed by atoms with E-state index in [0.29, 0.717) is 25.5 Å². The van der Waals surface area contributed by atoms with Crippen molar-refractivity contribution >= 4 is 29.5 Å². The van der Waals surface area contributed by atoms with Crippen molar-refractivity contribution in [1.29, 1.82) is 0 Å². The lowest BCUT2D eigenvalue weighted by Gasteiger charge is -2.35. The smallest absolute Gasteiger partial charge is 0.410 e. The maximum absolute atomic E-state index is 12.2. The van der Waals surface area contributed by atoms with Crippen molar-refractivity contribution in [2.75, 3.05) is 44.2 Å². The van der Waals surface area contributed by atoms with Gasteiger partial charge in [-0.15, -0.1) is 0 Å². The van der Waals surface area contributed by atoms with Crippen LogP contribution in [-0.4, -0.2) is 82.1 Å². The summed E-state index contributed by atoms with van der Waals surface area (Å²) in [5.74, 6) is 0.406. The third-order valence-corrected chi connectivity index (χ3v) is 5.85. The molecule has 4 rings (SSSR count). The number of imidazole rings is 1. The fourth-order valence-corrected chi connectivity index (χ4v) is 4.13. The van der Waals surface area contributed by atoms with Gasteiger partial charge in [0.05, 0.1) is 6.20 Å². The second kappa shape index (κ2) is 9.38. The Morgan fingerprint density at radius 2 is 1.91 bits per heavy atom. The van der Waals surface area contributed by atoms with E-state index < -0.39 is 11.6 Å². The molecular formula is C23H32N6O4. The number of nitrogens with one attached hydrogen (secondary N) is 1. The van der Waals surface area contributed by atoms with Crippen LogP contribution >= 0.6 is 0 Å². The van der Waals surface area contributed by atoms with Gasteiger partial charge in [-0.2, -0.15) is 0 Å². The van der Waals surface area contributed by atoms with Crippen LogP contribution in [0.1, 0.15) is 39.2 Å². The molecule has 178 valence electrons. The largest absolute Gasteiger partial charge is 0.444 e. The summed E-state index contributed by atoms with van der Waals surface area (Å²) < 4.78 is 7.33. The van der Waals surface area contributed by atoms with Gasteiger partial charge < -0.3 is 9.64 Å². The number of rotatable bonds is 5. The molecule has 2 aliphatic rings. The van der Waals surface area contributed by atoms with Crippen LogP contribution in [0.3, 0.4) is 0 Å². The molecule has 10 heteroatoms. The molecule has 0 aromatic carbocycles. The quantitative estimate of drug-likeness (QED) is 0.741. The summed E-state index contributed by atoms with van der Waals surface area (Å²) in [6.45, 7) is 10.0. The van der Waals surface area contributed by atoms with Crippen molar-refractivity contribution in [1.82, 2.24) is 24.5 Å². The van der Waals surface area contributed by atoms with Crippen LogP contribution in [0, 0.1) is 0 Å². The number of anilines is 1. The zero-order valence-corrected chi connectivity index (χ0v) is 19.5. The Morgan fingerprint density at radius 3 is 2.61 bits per heavy atom. The number of carbonyl (C=O) groups excluding carboxylic acids is 3.